The molecule has 2 rings (SSSR count). The van der Waals surface area contributed by atoms with Gasteiger partial charge in [-0.25, -0.2) is 0 Å². The molecule has 1 aromatic rings. The molecule has 5 nitrogen and oxygen atoms in total. The first-order valence-corrected chi connectivity index (χ1v) is 5.83. The summed E-state index contributed by atoms with van der Waals surface area (Å²) in [6, 6.07) is 2.56. The number of anilines is 3. The number of hydrogen-bond acceptors (Lipinski definition) is 5. The van der Waals surface area contributed by atoms with E-state index in [4.69, 9.17) is 5.73 Å². The van der Waals surface area contributed by atoms with Gasteiger partial charge in [0.15, 0.2) is 0 Å². The highest BCUT2D eigenvalue weighted by molar-refractivity contribution is 5.53. The van der Waals surface area contributed by atoms with Crippen LogP contribution in [0.2, 0.25) is 0 Å². The second-order valence-electron chi connectivity index (χ2n) is 4.12. The highest BCUT2D eigenvalue weighted by Gasteiger charge is 2.24. The molecule has 88 valence electrons. The summed E-state index contributed by atoms with van der Waals surface area (Å²) in [6.07, 6.45) is 3.63. The molecule has 0 amide bonds. The van der Waals surface area contributed by atoms with Gasteiger partial charge in [-0.1, -0.05) is 6.92 Å². The molecule has 1 atom stereocenters. The number of hydrogen-bond donors (Lipinski definition) is 2. The van der Waals surface area contributed by atoms with E-state index < -0.39 is 0 Å². The van der Waals surface area contributed by atoms with Gasteiger partial charge < -0.3 is 16.0 Å². The Morgan fingerprint density at radius 2 is 2.38 bits per heavy atom. The van der Waals surface area contributed by atoms with Crippen molar-refractivity contribution in [3.63, 3.8) is 0 Å². The lowest BCUT2D eigenvalue weighted by Gasteiger charge is -2.25. The van der Waals surface area contributed by atoms with Crippen LogP contribution >= 0.6 is 0 Å². The van der Waals surface area contributed by atoms with Gasteiger partial charge in [-0.3, -0.25) is 0 Å². The van der Waals surface area contributed by atoms with Crippen LogP contribution in [-0.2, 0) is 0 Å². The Balaban J connectivity index is 2.28. The van der Waals surface area contributed by atoms with Crippen molar-refractivity contribution in [3.8, 4) is 0 Å². The SMILES string of the molecule is CCC1CCCN1c1cc(NC)nc(N)n1. The molecule has 16 heavy (non-hydrogen) atoms. The minimum absolute atomic E-state index is 0.337. The van der Waals surface area contributed by atoms with Gasteiger partial charge in [0.2, 0.25) is 5.95 Å². The van der Waals surface area contributed by atoms with E-state index in [1.807, 2.05) is 13.1 Å². The zero-order chi connectivity index (χ0) is 11.5. The van der Waals surface area contributed by atoms with Crippen LogP contribution in [0.1, 0.15) is 26.2 Å². The maximum absolute atomic E-state index is 5.70. The summed E-state index contributed by atoms with van der Waals surface area (Å²) in [4.78, 5) is 10.8. The van der Waals surface area contributed by atoms with Crippen LogP contribution in [0.3, 0.4) is 0 Å². The second kappa shape index (κ2) is 4.55. The Kier molecular flexibility index (Phi) is 3.12. The van der Waals surface area contributed by atoms with Crippen LogP contribution in [0.4, 0.5) is 17.6 Å². The van der Waals surface area contributed by atoms with Crippen molar-refractivity contribution in [1.29, 1.82) is 0 Å². The Morgan fingerprint density at radius 1 is 1.56 bits per heavy atom. The molecule has 1 aromatic heterocycles. The molecule has 0 aliphatic carbocycles. The normalized spacial score (nSPS) is 20.1. The van der Waals surface area contributed by atoms with Gasteiger partial charge in [0.25, 0.3) is 0 Å². The van der Waals surface area contributed by atoms with Crippen LogP contribution in [0.25, 0.3) is 0 Å². The zero-order valence-corrected chi connectivity index (χ0v) is 9.90. The summed E-state index contributed by atoms with van der Waals surface area (Å²) in [5, 5.41) is 3.01. The Bertz CT molecular complexity index is 365. The number of nitrogens with one attached hydrogen (secondary N) is 1. The number of aromatic nitrogens is 2. The van der Waals surface area contributed by atoms with Crippen molar-refractivity contribution in [2.24, 2.45) is 0 Å². The van der Waals surface area contributed by atoms with E-state index in [1.54, 1.807) is 0 Å². The van der Waals surface area contributed by atoms with Gasteiger partial charge in [0, 0.05) is 25.7 Å². The lowest BCUT2D eigenvalue weighted by Crippen LogP contribution is -2.29. The quantitative estimate of drug-likeness (QED) is 0.809. The Labute approximate surface area is 96.1 Å². The molecule has 0 radical (unpaired) electrons. The second-order valence-corrected chi connectivity index (χ2v) is 4.12. The van der Waals surface area contributed by atoms with Crippen LogP contribution in [0.5, 0.6) is 0 Å². The van der Waals surface area contributed by atoms with Gasteiger partial charge in [-0.15, -0.1) is 0 Å². The fourth-order valence-electron chi connectivity index (χ4n) is 2.29. The largest absolute Gasteiger partial charge is 0.373 e. The van der Waals surface area contributed by atoms with Crippen molar-refractivity contribution in [2.75, 3.05) is 29.5 Å². The standard InChI is InChI=1S/C11H19N5/c1-3-8-5-4-6-16(8)10-7-9(13-2)14-11(12)15-10/h7-8H,3-6H2,1-2H3,(H3,12,13,14,15). The van der Waals surface area contributed by atoms with E-state index in [-0.39, 0.29) is 0 Å². The third-order valence-electron chi connectivity index (χ3n) is 3.13. The summed E-state index contributed by atoms with van der Waals surface area (Å²) >= 11 is 0. The molecule has 0 bridgehead atoms. The van der Waals surface area contributed by atoms with E-state index in [1.165, 1.54) is 12.8 Å². The topological polar surface area (TPSA) is 67.1 Å². The molecule has 1 aliphatic rings. The molecule has 5 heteroatoms. The first-order valence-electron chi connectivity index (χ1n) is 5.83. The van der Waals surface area contributed by atoms with Crippen LogP contribution in [0.15, 0.2) is 6.07 Å². The molecule has 2 heterocycles. The van der Waals surface area contributed by atoms with Gasteiger partial charge in [-0.2, -0.15) is 9.97 Å². The first-order chi connectivity index (χ1) is 7.74. The maximum Gasteiger partial charge on any atom is 0.223 e. The summed E-state index contributed by atoms with van der Waals surface area (Å²) in [6.45, 7) is 3.28. The molecule has 0 spiro atoms. The molecule has 0 saturated carbocycles. The van der Waals surface area contributed by atoms with Crippen molar-refractivity contribution < 1.29 is 0 Å². The van der Waals surface area contributed by atoms with Gasteiger partial charge in [-0.05, 0) is 19.3 Å². The van der Waals surface area contributed by atoms with E-state index in [2.05, 4.69) is 27.1 Å². The maximum atomic E-state index is 5.70. The fourth-order valence-corrected chi connectivity index (χ4v) is 2.29. The van der Waals surface area contributed by atoms with E-state index in [0.717, 1.165) is 24.6 Å². The van der Waals surface area contributed by atoms with Crippen LogP contribution in [-0.4, -0.2) is 29.6 Å². The highest BCUT2D eigenvalue weighted by atomic mass is 15.3. The lowest BCUT2D eigenvalue weighted by molar-refractivity contribution is 0.640. The molecule has 1 fully saturated rings. The average molecular weight is 221 g/mol. The van der Waals surface area contributed by atoms with Gasteiger partial charge in [0.05, 0.1) is 0 Å². The third-order valence-corrected chi connectivity index (χ3v) is 3.13. The molecular formula is C11H19N5. The summed E-state index contributed by atoms with van der Waals surface area (Å²) < 4.78 is 0. The monoisotopic (exact) mass is 221 g/mol. The van der Waals surface area contributed by atoms with Crippen molar-refractivity contribution in [3.05, 3.63) is 6.07 Å². The third kappa shape index (κ3) is 2.03. The minimum atomic E-state index is 0.337. The van der Waals surface area contributed by atoms with Crippen LogP contribution in [0, 0.1) is 0 Å². The van der Waals surface area contributed by atoms with Crippen molar-refractivity contribution >= 4 is 17.6 Å². The smallest absolute Gasteiger partial charge is 0.223 e. The van der Waals surface area contributed by atoms with E-state index in [9.17, 15) is 0 Å². The molecule has 1 unspecified atom stereocenters. The van der Waals surface area contributed by atoms with Crippen molar-refractivity contribution in [1.82, 2.24) is 9.97 Å². The predicted octanol–water partition coefficient (Wildman–Crippen LogP) is 1.48. The number of nitrogens with zero attached hydrogens (tertiary/aromatic N) is 3. The van der Waals surface area contributed by atoms with E-state index >= 15 is 0 Å². The average Bonchev–Trinajstić information content (AvgIpc) is 2.76. The fraction of sp³-hybridized carbons (Fsp3) is 0.636. The van der Waals surface area contributed by atoms with Crippen molar-refractivity contribution in [2.45, 2.75) is 32.2 Å². The number of nitrogens with two attached hydrogens (primary N) is 1. The predicted molar refractivity (Wildman–Crippen MR) is 66.7 cm³/mol. The van der Waals surface area contributed by atoms with Gasteiger partial charge in [0.1, 0.15) is 11.6 Å². The lowest BCUT2D eigenvalue weighted by atomic mass is 10.2. The Hall–Kier alpha value is -1.52. The minimum Gasteiger partial charge on any atom is -0.373 e. The molecule has 1 aliphatic heterocycles. The van der Waals surface area contributed by atoms with E-state index in [0.29, 0.717) is 12.0 Å². The summed E-state index contributed by atoms with van der Waals surface area (Å²) in [7, 11) is 1.84. The zero-order valence-electron chi connectivity index (χ0n) is 9.90. The number of nitrogen functional groups attached to an aromatic ring is 1. The van der Waals surface area contributed by atoms with Gasteiger partial charge >= 0.3 is 0 Å². The number of rotatable bonds is 3. The first kappa shape index (κ1) is 11.0. The van der Waals surface area contributed by atoms with Crippen LogP contribution < -0.4 is 16.0 Å². The molecule has 0 aromatic carbocycles. The molecule has 1 saturated heterocycles. The summed E-state index contributed by atoms with van der Waals surface area (Å²) in [5.74, 6) is 2.06. The highest BCUT2D eigenvalue weighted by Crippen LogP contribution is 2.27. The Morgan fingerprint density at radius 3 is 3.06 bits per heavy atom. The summed E-state index contributed by atoms with van der Waals surface area (Å²) in [5.41, 5.74) is 5.70. The molecular weight excluding hydrogens is 202 g/mol. The molecule has 3 N–H and O–H groups in total.